The van der Waals surface area contributed by atoms with Gasteiger partial charge in [-0.2, -0.15) is 5.26 Å². The van der Waals surface area contributed by atoms with Crippen LogP contribution in [0.4, 0.5) is 8.78 Å². The summed E-state index contributed by atoms with van der Waals surface area (Å²) >= 11 is 0. The Morgan fingerprint density at radius 2 is 1.69 bits per heavy atom. The molecule has 1 aliphatic carbocycles. The van der Waals surface area contributed by atoms with Crippen LogP contribution in [-0.4, -0.2) is 0 Å². The van der Waals surface area contributed by atoms with Crippen molar-refractivity contribution in [3.63, 3.8) is 0 Å². The van der Waals surface area contributed by atoms with Gasteiger partial charge in [-0.3, -0.25) is 0 Å². The lowest BCUT2D eigenvalue weighted by molar-refractivity contribution is 0.248. The number of benzene rings is 1. The zero-order valence-corrected chi connectivity index (χ0v) is 15.7. The lowest BCUT2D eigenvalue weighted by Gasteiger charge is -2.28. The van der Waals surface area contributed by atoms with Crippen LogP contribution >= 0.6 is 0 Å². The third-order valence-electron chi connectivity index (χ3n) is 5.78. The van der Waals surface area contributed by atoms with Gasteiger partial charge in [0.1, 0.15) is 11.9 Å². The Labute approximate surface area is 157 Å². The van der Waals surface area contributed by atoms with Crippen LogP contribution in [0.2, 0.25) is 0 Å². The maximum atomic E-state index is 13.7. The van der Waals surface area contributed by atoms with E-state index in [4.69, 9.17) is 5.26 Å². The molecule has 0 aliphatic heterocycles. The topological polar surface area (TPSA) is 23.8 Å². The van der Waals surface area contributed by atoms with Crippen molar-refractivity contribution >= 4 is 0 Å². The van der Waals surface area contributed by atoms with Crippen LogP contribution < -0.4 is 0 Å². The van der Waals surface area contributed by atoms with Crippen LogP contribution in [0.25, 0.3) is 0 Å². The molecule has 0 aromatic heterocycles. The van der Waals surface area contributed by atoms with Crippen molar-refractivity contribution in [2.24, 2.45) is 11.8 Å². The van der Waals surface area contributed by atoms with E-state index >= 15 is 0 Å². The molecule has 0 N–H and O–H groups in total. The number of allylic oxidation sites excluding steroid dienone is 1. The minimum Gasteiger partial charge on any atom is -0.216 e. The molecule has 0 saturated heterocycles. The minimum atomic E-state index is -0.394. The smallest absolute Gasteiger partial charge is 0.141 e. The molecular formula is C23H31F2N. The van der Waals surface area contributed by atoms with Crippen molar-refractivity contribution < 1.29 is 8.78 Å². The molecule has 0 radical (unpaired) electrons. The van der Waals surface area contributed by atoms with Gasteiger partial charge in [-0.25, -0.2) is 8.78 Å². The fraction of sp³-hybridized carbons (Fsp3) is 0.609. The first kappa shape index (κ1) is 20.6. The highest BCUT2D eigenvalue weighted by Crippen LogP contribution is 2.34. The Hall–Kier alpha value is -1.69. The number of rotatable bonds is 10. The molecule has 0 unspecified atom stereocenters. The summed E-state index contributed by atoms with van der Waals surface area (Å²) in [5.41, 5.74) is 1.14. The van der Waals surface area contributed by atoms with E-state index in [9.17, 15) is 8.78 Å². The molecule has 0 spiro atoms. The van der Waals surface area contributed by atoms with E-state index in [1.165, 1.54) is 57.4 Å². The van der Waals surface area contributed by atoms with Crippen molar-refractivity contribution in [2.45, 2.75) is 77.0 Å². The second kappa shape index (κ2) is 11.8. The molecule has 1 saturated carbocycles. The summed E-state index contributed by atoms with van der Waals surface area (Å²) in [6.45, 7) is 0. The zero-order valence-electron chi connectivity index (χ0n) is 15.7. The molecule has 26 heavy (non-hydrogen) atoms. The molecule has 142 valence electrons. The highest BCUT2D eigenvalue weighted by molar-refractivity contribution is 5.33. The summed E-state index contributed by atoms with van der Waals surface area (Å²) < 4.78 is 25.5. The van der Waals surface area contributed by atoms with E-state index in [1.54, 1.807) is 12.1 Å². The maximum Gasteiger partial charge on any atom is 0.141 e. The van der Waals surface area contributed by atoms with Gasteiger partial charge in [0.25, 0.3) is 0 Å². The van der Waals surface area contributed by atoms with Crippen LogP contribution in [0, 0.1) is 29.0 Å². The molecule has 1 nitrogen and oxygen atoms in total. The van der Waals surface area contributed by atoms with Gasteiger partial charge in [0.05, 0.1) is 11.9 Å². The number of hydrogen-bond acceptors (Lipinski definition) is 1. The number of nitriles is 1. The van der Waals surface area contributed by atoms with Crippen LogP contribution in [0.1, 0.15) is 81.8 Å². The number of nitrogens with zero attached hydrogens (tertiary/aromatic N) is 1. The molecule has 0 atom stereocenters. The molecule has 0 bridgehead atoms. The van der Waals surface area contributed by atoms with Gasteiger partial charge in [0.2, 0.25) is 0 Å². The van der Waals surface area contributed by atoms with Gasteiger partial charge >= 0.3 is 0 Å². The standard InChI is InChI=1S/C23H31F2N/c24-16-6-4-2-1-3-5-7-19-8-10-20(11-9-19)12-13-21-14-15-22(18-26)23(25)17-21/h6,14-17,19-20H,1-5,7-13H2/b16-6+/t19-,20-. The zero-order chi connectivity index (χ0) is 18.6. The van der Waals surface area contributed by atoms with Crippen molar-refractivity contribution in [1.82, 2.24) is 0 Å². The predicted octanol–water partition coefficient (Wildman–Crippen LogP) is 7.26. The van der Waals surface area contributed by atoms with Gasteiger partial charge in [-0.05, 0) is 55.2 Å². The largest absolute Gasteiger partial charge is 0.216 e. The van der Waals surface area contributed by atoms with Crippen LogP contribution in [0.3, 0.4) is 0 Å². The predicted molar refractivity (Wildman–Crippen MR) is 103 cm³/mol. The molecule has 1 fully saturated rings. The number of hydrogen-bond donors (Lipinski definition) is 0. The second-order valence-electron chi connectivity index (χ2n) is 7.70. The highest BCUT2D eigenvalue weighted by atomic mass is 19.1. The Morgan fingerprint density at radius 3 is 2.35 bits per heavy atom. The molecule has 1 aromatic rings. The second-order valence-corrected chi connectivity index (χ2v) is 7.70. The third-order valence-corrected chi connectivity index (χ3v) is 5.78. The number of halogens is 2. The molecular weight excluding hydrogens is 328 g/mol. The van der Waals surface area contributed by atoms with Crippen molar-refractivity contribution in [2.75, 3.05) is 0 Å². The summed E-state index contributed by atoms with van der Waals surface area (Å²) in [5.74, 6) is 1.25. The first-order valence-corrected chi connectivity index (χ1v) is 10.2. The van der Waals surface area contributed by atoms with Crippen molar-refractivity contribution in [3.05, 3.63) is 47.5 Å². The SMILES string of the molecule is N#Cc1ccc(CC[C@H]2CC[C@H](CCCCCC/C=C/F)CC2)cc1F. The van der Waals surface area contributed by atoms with Gasteiger partial charge in [0, 0.05) is 0 Å². The normalized spacial score (nSPS) is 20.3. The first-order chi connectivity index (χ1) is 12.7. The average molecular weight is 360 g/mol. The molecule has 1 aliphatic rings. The van der Waals surface area contributed by atoms with E-state index in [-0.39, 0.29) is 5.56 Å². The van der Waals surface area contributed by atoms with Crippen molar-refractivity contribution in [1.29, 1.82) is 5.26 Å². The fourth-order valence-electron chi connectivity index (χ4n) is 4.10. The summed E-state index contributed by atoms with van der Waals surface area (Å²) in [6.07, 6.45) is 16.6. The Bertz CT molecular complexity index is 595. The molecule has 2 rings (SSSR count). The third kappa shape index (κ3) is 7.28. The molecule has 3 heteroatoms. The minimum absolute atomic E-state index is 0.133. The monoisotopic (exact) mass is 359 g/mol. The van der Waals surface area contributed by atoms with E-state index in [0.717, 1.165) is 43.1 Å². The van der Waals surface area contributed by atoms with Gasteiger partial charge in [0.15, 0.2) is 0 Å². The van der Waals surface area contributed by atoms with Gasteiger partial charge in [-0.15, -0.1) is 0 Å². The first-order valence-electron chi connectivity index (χ1n) is 10.2. The summed E-state index contributed by atoms with van der Waals surface area (Å²) in [6, 6.07) is 6.87. The van der Waals surface area contributed by atoms with Gasteiger partial charge < -0.3 is 0 Å². The highest BCUT2D eigenvalue weighted by Gasteiger charge is 2.20. The molecule has 1 aromatic carbocycles. The van der Waals surface area contributed by atoms with Crippen LogP contribution in [-0.2, 0) is 6.42 Å². The van der Waals surface area contributed by atoms with E-state index in [0.29, 0.717) is 6.33 Å². The van der Waals surface area contributed by atoms with Gasteiger partial charge in [-0.1, -0.05) is 63.5 Å². The number of aryl methyl sites for hydroxylation is 1. The maximum absolute atomic E-state index is 13.7. The average Bonchev–Trinajstić information content (AvgIpc) is 2.66. The fourth-order valence-corrected chi connectivity index (χ4v) is 4.10. The molecule has 0 heterocycles. The van der Waals surface area contributed by atoms with Crippen LogP contribution in [0.15, 0.2) is 30.6 Å². The quantitative estimate of drug-likeness (QED) is 0.403. The Kier molecular flexibility index (Phi) is 9.39. The van der Waals surface area contributed by atoms with Crippen molar-refractivity contribution in [3.8, 4) is 6.07 Å². The lowest BCUT2D eigenvalue weighted by Crippen LogP contribution is -2.15. The Balaban J connectivity index is 1.57. The van der Waals surface area contributed by atoms with Crippen LogP contribution in [0.5, 0.6) is 0 Å². The number of unbranched alkanes of at least 4 members (excludes halogenated alkanes) is 4. The Morgan fingerprint density at radius 1 is 1.00 bits per heavy atom. The lowest BCUT2D eigenvalue weighted by atomic mass is 9.77. The summed E-state index contributed by atoms with van der Waals surface area (Å²) in [5, 5.41) is 8.79. The van der Waals surface area contributed by atoms with E-state index in [1.807, 2.05) is 12.1 Å². The van der Waals surface area contributed by atoms with E-state index in [2.05, 4.69) is 0 Å². The summed E-state index contributed by atoms with van der Waals surface area (Å²) in [7, 11) is 0. The summed E-state index contributed by atoms with van der Waals surface area (Å²) in [4.78, 5) is 0. The van der Waals surface area contributed by atoms with E-state index < -0.39 is 5.82 Å². The molecule has 0 amide bonds.